The van der Waals surface area contributed by atoms with E-state index in [1.54, 1.807) is 0 Å². The van der Waals surface area contributed by atoms with Crippen molar-refractivity contribution in [2.45, 2.75) is 271 Å². The van der Waals surface area contributed by atoms with Crippen molar-refractivity contribution in [2.24, 2.45) is 0 Å². The number of esters is 3. The first-order valence-corrected chi connectivity index (χ1v) is 32.0. The monoisotopic (exact) mass is 1090 g/mol. The Bertz CT molecular complexity index is 1780. The van der Waals surface area contributed by atoms with Crippen LogP contribution in [-0.2, 0) is 28.6 Å². The lowest BCUT2D eigenvalue weighted by molar-refractivity contribution is -0.167. The molecule has 0 heterocycles. The predicted octanol–water partition coefficient (Wildman–Crippen LogP) is 22.1. The summed E-state index contributed by atoms with van der Waals surface area (Å²) in [5.41, 5.74) is 0. The molecular weight excluding hydrogens is 973 g/mol. The van der Waals surface area contributed by atoms with Gasteiger partial charge < -0.3 is 14.2 Å². The van der Waals surface area contributed by atoms with Gasteiger partial charge in [-0.15, -0.1) is 0 Å². The Kier molecular flexibility index (Phi) is 61.4. The maximum absolute atomic E-state index is 12.9. The zero-order chi connectivity index (χ0) is 57.1. The first-order chi connectivity index (χ1) is 39.0. The molecule has 0 aliphatic rings. The van der Waals surface area contributed by atoms with Crippen LogP contribution in [0, 0.1) is 0 Å². The average molecular weight is 1090 g/mol. The third-order valence-corrected chi connectivity index (χ3v) is 13.0. The molecular formula is C73H116O6. The molecule has 0 spiro atoms. The van der Waals surface area contributed by atoms with E-state index in [4.69, 9.17) is 14.2 Å². The number of carbonyl (C=O) groups is 3. The molecule has 0 aromatic heterocycles. The van der Waals surface area contributed by atoms with E-state index in [-0.39, 0.29) is 31.1 Å². The molecule has 6 nitrogen and oxygen atoms in total. The van der Waals surface area contributed by atoms with E-state index >= 15 is 0 Å². The van der Waals surface area contributed by atoms with Crippen LogP contribution in [0.3, 0.4) is 0 Å². The number of allylic oxidation sites excluding steroid dienone is 26. The maximum atomic E-state index is 12.9. The molecule has 1 unspecified atom stereocenters. The Balaban J connectivity index is 4.46. The van der Waals surface area contributed by atoms with E-state index in [0.717, 1.165) is 180 Å². The molecule has 444 valence electrons. The van der Waals surface area contributed by atoms with Crippen LogP contribution in [0.5, 0.6) is 0 Å². The molecule has 0 saturated carbocycles. The van der Waals surface area contributed by atoms with E-state index in [1.807, 2.05) is 0 Å². The van der Waals surface area contributed by atoms with Crippen LogP contribution >= 0.6 is 0 Å². The summed E-state index contributed by atoms with van der Waals surface area (Å²) in [6.07, 6.45) is 95.2. The first kappa shape index (κ1) is 74.0. The standard InChI is InChI=1S/C73H116O6/c1-4-7-10-13-16-19-22-25-28-30-32-34-36-38-40-42-45-48-51-54-57-60-63-66-72(75)78-69-70(68-77-71(74)65-62-59-56-53-50-47-44-27-24-21-18-15-12-9-6-3)79-73(76)67-64-61-58-55-52-49-46-43-41-39-37-35-33-31-29-26-23-20-17-14-11-8-5-2/h7-12,16-21,25-29,32-35,38-41,44,70H,4-6,13-15,22-24,30-31,36-37,42-43,45-69H2,1-3H3/b10-7-,11-8-,12-9-,19-16-,20-17-,21-18-,28-25-,29-26-,34-32-,35-33-,40-38-,41-39-,44-27-. The van der Waals surface area contributed by atoms with Gasteiger partial charge in [-0.3, -0.25) is 14.4 Å². The Morgan fingerprint density at radius 1 is 0.253 bits per heavy atom. The molecule has 0 aliphatic carbocycles. The lowest BCUT2D eigenvalue weighted by Gasteiger charge is -2.18. The number of unbranched alkanes of at least 4 members (excludes halogenated alkanes) is 19. The normalized spacial score (nSPS) is 13.2. The van der Waals surface area contributed by atoms with Crippen LogP contribution in [0.2, 0.25) is 0 Å². The van der Waals surface area contributed by atoms with Crippen LogP contribution in [0.25, 0.3) is 0 Å². The van der Waals surface area contributed by atoms with Crippen molar-refractivity contribution in [1.29, 1.82) is 0 Å². The molecule has 0 radical (unpaired) electrons. The highest BCUT2D eigenvalue weighted by molar-refractivity contribution is 5.71. The molecule has 0 amide bonds. The molecule has 0 rings (SSSR count). The summed E-state index contributed by atoms with van der Waals surface area (Å²) in [7, 11) is 0. The van der Waals surface area contributed by atoms with Crippen molar-refractivity contribution in [1.82, 2.24) is 0 Å². The van der Waals surface area contributed by atoms with Gasteiger partial charge in [0.15, 0.2) is 6.10 Å². The highest BCUT2D eigenvalue weighted by atomic mass is 16.6. The second-order valence-corrected chi connectivity index (χ2v) is 20.5. The number of ether oxygens (including phenoxy) is 3. The van der Waals surface area contributed by atoms with E-state index in [2.05, 4.69) is 179 Å². The first-order valence-electron chi connectivity index (χ1n) is 32.0. The van der Waals surface area contributed by atoms with Crippen molar-refractivity contribution in [2.75, 3.05) is 13.2 Å². The summed E-state index contributed by atoms with van der Waals surface area (Å²) in [5.74, 6) is -0.941. The van der Waals surface area contributed by atoms with Gasteiger partial charge in [0.2, 0.25) is 0 Å². The average Bonchev–Trinajstić information content (AvgIpc) is 3.45. The van der Waals surface area contributed by atoms with Gasteiger partial charge in [0, 0.05) is 19.3 Å². The number of hydrogen-bond donors (Lipinski definition) is 0. The van der Waals surface area contributed by atoms with Gasteiger partial charge in [0.1, 0.15) is 13.2 Å². The lowest BCUT2D eigenvalue weighted by atomic mass is 10.1. The van der Waals surface area contributed by atoms with Gasteiger partial charge in [-0.2, -0.15) is 0 Å². The van der Waals surface area contributed by atoms with Gasteiger partial charge in [-0.25, -0.2) is 0 Å². The molecule has 79 heavy (non-hydrogen) atoms. The fourth-order valence-electron chi connectivity index (χ4n) is 8.33. The molecule has 0 bridgehead atoms. The van der Waals surface area contributed by atoms with Crippen LogP contribution in [0.15, 0.2) is 158 Å². The van der Waals surface area contributed by atoms with Crippen molar-refractivity contribution >= 4 is 17.9 Å². The molecule has 6 heteroatoms. The summed E-state index contributed by atoms with van der Waals surface area (Å²) >= 11 is 0. The SMILES string of the molecule is CC/C=C\C/C=C\C/C=C\C/C=C\C/C=C\CCCCCCCCCC(=O)OCC(COC(=O)CCCCCCC/C=C\C/C=C\C/C=C\CC)OC(=O)CCCCCCCCC/C=C\C/C=C\C/C=C\C/C=C\C/C=C\CC. The quantitative estimate of drug-likeness (QED) is 0.0261. The third kappa shape index (κ3) is 63.7. The van der Waals surface area contributed by atoms with Crippen molar-refractivity contribution in [3.05, 3.63) is 158 Å². The second kappa shape index (κ2) is 65.5. The Hall–Kier alpha value is -4.97. The fourth-order valence-corrected chi connectivity index (χ4v) is 8.33. The van der Waals surface area contributed by atoms with Gasteiger partial charge in [-0.05, 0) is 141 Å². The zero-order valence-corrected chi connectivity index (χ0v) is 50.8. The lowest BCUT2D eigenvalue weighted by Crippen LogP contribution is -2.30. The Morgan fingerprint density at radius 3 is 0.709 bits per heavy atom. The van der Waals surface area contributed by atoms with Gasteiger partial charge in [0.05, 0.1) is 0 Å². The van der Waals surface area contributed by atoms with E-state index in [9.17, 15) is 14.4 Å². The number of hydrogen-bond acceptors (Lipinski definition) is 6. The van der Waals surface area contributed by atoms with Crippen molar-refractivity contribution in [3.8, 4) is 0 Å². The van der Waals surface area contributed by atoms with Gasteiger partial charge in [-0.1, -0.05) is 262 Å². The van der Waals surface area contributed by atoms with Crippen LogP contribution in [-0.4, -0.2) is 37.2 Å². The molecule has 0 aromatic rings. The fraction of sp³-hybridized carbons (Fsp3) is 0.603. The predicted molar refractivity (Wildman–Crippen MR) is 343 cm³/mol. The molecule has 0 aromatic carbocycles. The molecule has 0 N–H and O–H groups in total. The summed E-state index contributed by atoms with van der Waals surface area (Å²) < 4.78 is 16.9. The zero-order valence-electron chi connectivity index (χ0n) is 50.8. The molecule has 1 atom stereocenters. The van der Waals surface area contributed by atoms with E-state index in [0.29, 0.717) is 19.3 Å². The van der Waals surface area contributed by atoms with E-state index < -0.39 is 6.10 Å². The Morgan fingerprint density at radius 2 is 0.456 bits per heavy atom. The summed E-state index contributed by atoms with van der Waals surface area (Å²) in [4.78, 5) is 38.4. The highest BCUT2D eigenvalue weighted by Gasteiger charge is 2.19. The minimum atomic E-state index is -0.806. The van der Waals surface area contributed by atoms with Crippen LogP contribution in [0.1, 0.15) is 265 Å². The molecule has 0 saturated heterocycles. The summed E-state index contributed by atoms with van der Waals surface area (Å²) in [6, 6.07) is 0. The smallest absolute Gasteiger partial charge is 0.306 e. The van der Waals surface area contributed by atoms with Crippen LogP contribution < -0.4 is 0 Å². The minimum absolute atomic E-state index is 0.101. The summed E-state index contributed by atoms with van der Waals surface area (Å²) in [6.45, 7) is 6.27. The number of rotatable bonds is 56. The molecule has 0 fully saturated rings. The van der Waals surface area contributed by atoms with Crippen LogP contribution in [0.4, 0.5) is 0 Å². The topological polar surface area (TPSA) is 78.9 Å². The number of carbonyl (C=O) groups excluding carboxylic acids is 3. The van der Waals surface area contributed by atoms with Gasteiger partial charge in [0.25, 0.3) is 0 Å². The summed E-state index contributed by atoms with van der Waals surface area (Å²) in [5, 5.41) is 0. The van der Waals surface area contributed by atoms with Crippen molar-refractivity contribution < 1.29 is 28.6 Å². The maximum Gasteiger partial charge on any atom is 0.306 e. The highest BCUT2D eigenvalue weighted by Crippen LogP contribution is 2.14. The second-order valence-electron chi connectivity index (χ2n) is 20.5. The van der Waals surface area contributed by atoms with Crippen molar-refractivity contribution in [3.63, 3.8) is 0 Å². The largest absolute Gasteiger partial charge is 0.462 e. The third-order valence-electron chi connectivity index (χ3n) is 13.0. The minimum Gasteiger partial charge on any atom is -0.462 e. The Labute approximate surface area is 486 Å². The molecule has 0 aliphatic heterocycles. The van der Waals surface area contributed by atoms with Gasteiger partial charge >= 0.3 is 17.9 Å². The van der Waals surface area contributed by atoms with E-state index in [1.165, 1.54) is 44.9 Å².